The van der Waals surface area contributed by atoms with Crippen LogP contribution in [0, 0.1) is 5.41 Å². The number of carbonyl (C=O) groups excluding carboxylic acids is 1. The number of carboxylic acid groups (broad SMARTS) is 1. The summed E-state index contributed by atoms with van der Waals surface area (Å²) in [7, 11) is 0. The Morgan fingerprint density at radius 2 is 2.00 bits per heavy atom. The molecule has 1 aliphatic heterocycles. The first-order valence-corrected chi connectivity index (χ1v) is 7.14. The average Bonchev–Trinajstić information content (AvgIpc) is 2.85. The molecule has 1 amide bonds. The normalized spacial score (nSPS) is 22.0. The Balaban J connectivity index is 2.14. The highest BCUT2D eigenvalue weighted by Gasteiger charge is 2.45. The number of rotatable bonds is 4. The first-order valence-electron chi connectivity index (χ1n) is 6.77. The van der Waals surface area contributed by atoms with Crippen molar-refractivity contribution in [1.29, 1.82) is 0 Å². The number of aliphatic carboxylic acids is 1. The molecule has 1 saturated heterocycles. The summed E-state index contributed by atoms with van der Waals surface area (Å²) in [5, 5.41) is 10.0. The SMILES string of the molecule is CCCC1(C(=O)O)CCN(C(=O)c2ccc(Cl)cc2)C1. The van der Waals surface area contributed by atoms with Crippen LogP contribution in [0.25, 0.3) is 0 Å². The lowest BCUT2D eigenvalue weighted by atomic mass is 9.83. The predicted octanol–water partition coefficient (Wildman–Crippen LogP) is 3.06. The minimum atomic E-state index is -0.800. The lowest BCUT2D eigenvalue weighted by Crippen LogP contribution is -2.36. The summed E-state index contributed by atoms with van der Waals surface area (Å²) in [6.45, 7) is 2.75. The van der Waals surface area contributed by atoms with E-state index in [1.165, 1.54) is 0 Å². The van der Waals surface area contributed by atoms with Gasteiger partial charge in [0.15, 0.2) is 0 Å². The Bertz CT molecular complexity index is 514. The number of benzene rings is 1. The van der Waals surface area contributed by atoms with Crippen molar-refractivity contribution in [3.63, 3.8) is 0 Å². The number of halogens is 1. The minimum Gasteiger partial charge on any atom is -0.481 e. The molecule has 1 aromatic rings. The Labute approximate surface area is 123 Å². The average molecular weight is 296 g/mol. The Hall–Kier alpha value is -1.55. The second-order valence-corrected chi connectivity index (χ2v) is 5.76. The predicted molar refractivity (Wildman–Crippen MR) is 76.9 cm³/mol. The highest BCUT2D eigenvalue weighted by atomic mass is 35.5. The smallest absolute Gasteiger partial charge is 0.311 e. The maximum Gasteiger partial charge on any atom is 0.311 e. The van der Waals surface area contributed by atoms with E-state index in [-0.39, 0.29) is 12.5 Å². The monoisotopic (exact) mass is 295 g/mol. The van der Waals surface area contributed by atoms with Crippen LogP contribution in [0.2, 0.25) is 5.02 Å². The summed E-state index contributed by atoms with van der Waals surface area (Å²) < 4.78 is 0. The van der Waals surface area contributed by atoms with Gasteiger partial charge >= 0.3 is 5.97 Å². The fraction of sp³-hybridized carbons (Fsp3) is 0.467. The fourth-order valence-electron chi connectivity index (χ4n) is 2.78. The topological polar surface area (TPSA) is 57.6 Å². The molecule has 1 heterocycles. The van der Waals surface area contributed by atoms with Crippen molar-refractivity contribution in [2.24, 2.45) is 5.41 Å². The summed E-state index contributed by atoms with van der Waals surface area (Å²) in [4.78, 5) is 25.5. The van der Waals surface area contributed by atoms with E-state index in [9.17, 15) is 14.7 Å². The van der Waals surface area contributed by atoms with E-state index in [0.29, 0.717) is 30.0 Å². The van der Waals surface area contributed by atoms with Crippen molar-refractivity contribution in [1.82, 2.24) is 4.90 Å². The van der Waals surface area contributed by atoms with Crippen molar-refractivity contribution in [2.75, 3.05) is 13.1 Å². The number of carboxylic acids is 1. The summed E-state index contributed by atoms with van der Waals surface area (Å²) >= 11 is 5.80. The van der Waals surface area contributed by atoms with Crippen molar-refractivity contribution >= 4 is 23.5 Å². The van der Waals surface area contributed by atoms with Crippen LogP contribution < -0.4 is 0 Å². The molecular formula is C15H18ClNO3. The molecule has 0 aliphatic carbocycles. The van der Waals surface area contributed by atoms with Gasteiger partial charge in [-0.15, -0.1) is 0 Å². The van der Waals surface area contributed by atoms with Crippen LogP contribution in [0.3, 0.4) is 0 Å². The van der Waals surface area contributed by atoms with Crippen LogP contribution in [0.1, 0.15) is 36.5 Å². The Morgan fingerprint density at radius 3 is 2.55 bits per heavy atom. The molecule has 4 nitrogen and oxygen atoms in total. The standard InChI is InChI=1S/C15H18ClNO3/c1-2-7-15(14(19)20)8-9-17(10-15)13(18)11-3-5-12(16)6-4-11/h3-6H,2,7-10H2,1H3,(H,19,20). The quantitative estimate of drug-likeness (QED) is 0.929. The van der Waals surface area contributed by atoms with Gasteiger partial charge in [0, 0.05) is 23.7 Å². The van der Waals surface area contributed by atoms with E-state index in [2.05, 4.69) is 0 Å². The molecular weight excluding hydrogens is 278 g/mol. The highest BCUT2D eigenvalue weighted by molar-refractivity contribution is 6.30. The van der Waals surface area contributed by atoms with Gasteiger partial charge in [0.05, 0.1) is 5.41 Å². The van der Waals surface area contributed by atoms with Gasteiger partial charge in [-0.2, -0.15) is 0 Å². The van der Waals surface area contributed by atoms with Gasteiger partial charge in [-0.3, -0.25) is 9.59 Å². The van der Waals surface area contributed by atoms with Crippen LogP contribution >= 0.6 is 11.6 Å². The maximum atomic E-state index is 12.4. The second kappa shape index (κ2) is 5.83. The zero-order valence-corrected chi connectivity index (χ0v) is 12.2. The van der Waals surface area contributed by atoms with Crippen molar-refractivity contribution in [2.45, 2.75) is 26.2 Å². The second-order valence-electron chi connectivity index (χ2n) is 5.32. The number of carbonyl (C=O) groups is 2. The third kappa shape index (κ3) is 2.80. The van der Waals surface area contributed by atoms with Gasteiger partial charge in [0.2, 0.25) is 0 Å². The first kappa shape index (κ1) is 14.9. The van der Waals surface area contributed by atoms with Gasteiger partial charge in [0.25, 0.3) is 5.91 Å². The molecule has 20 heavy (non-hydrogen) atoms. The molecule has 1 fully saturated rings. The van der Waals surface area contributed by atoms with E-state index in [1.807, 2.05) is 6.92 Å². The van der Waals surface area contributed by atoms with Crippen LogP contribution in [-0.4, -0.2) is 35.0 Å². The zero-order valence-electron chi connectivity index (χ0n) is 11.4. The molecule has 1 aromatic carbocycles. The highest BCUT2D eigenvalue weighted by Crippen LogP contribution is 2.36. The summed E-state index contributed by atoms with van der Waals surface area (Å²) in [5.74, 6) is -0.924. The molecule has 5 heteroatoms. The maximum absolute atomic E-state index is 12.4. The van der Waals surface area contributed by atoms with Gasteiger partial charge in [0.1, 0.15) is 0 Å². The Morgan fingerprint density at radius 1 is 1.35 bits per heavy atom. The van der Waals surface area contributed by atoms with E-state index in [1.54, 1.807) is 29.2 Å². The van der Waals surface area contributed by atoms with Crippen molar-refractivity contribution in [3.05, 3.63) is 34.9 Å². The molecule has 108 valence electrons. The van der Waals surface area contributed by atoms with E-state index in [0.717, 1.165) is 6.42 Å². The molecule has 1 N–H and O–H groups in total. The van der Waals surface area contributed by atoms with E-state index < -0.39 is 11.4 Å². The molecule has 1 atom stereocenters. The van der Waals surface area contributed by atoms with Crippen molar-refractivity contribution < 1.29 is 14.7 Å². The zero-order chi connectivity index (χ0) is 14.8. The van der Waals surface area contributed by atoms with Gasteiger partial charge < -0.3 is 10.0 Å². The lowest BCUT2D eigenvalue weighted by molar-refractivity contribution is -0.148. The molecule has 0 bridgehead atoms. The number of nitrogens with zero attached hydrogens (tertiary/aromatic N) is 1. The van der Waals surface area contributed by atoms with Crippen molar-refractivity contribution in [3.8, 4) is 0 Å². The number of hydrogen-bond donors (Lipinski definition) is 1. The third-order valence-corrected chi connectivity index (χ3v) is 4.17. The lowest BCUT2D eigenvalue weighted by Gasteiger charge is -2.24. The first-order chi connectivity index (χ1) is 9.48. The van der Waals surface area contributed by atoms with Gasteiger partial charge in [-0.1, -0.05) is 24.9 Å². The Kier molecular flexibility index (Phi) is 4.33. The van der Waals surface area contributed by atoms with Crippen LogP contribution in [0.15, 0.2) is 24.3 Å². The van der Waals surface area contributed by atoms with Gasteiger partial charge in [-0.25, -0.2) is 0 Å². The number of likely N-dealkylation sites (tertiary alicyclic amines) is 1. The molecule has 1 unspecified atom stereocenters. The molecule has 0 spiro atoms. The third-order valence-electron chi connectivity index (χ3n) is 3.91. The van der Waals surface area contributed by atoms with Gasteiger partial charge in [-0.05, 0) is 37.1 Å². The van der Waals surface area contributed by atoms with E-state index >= 15 is 0 Å². The molecule has 0 aromatic heterocycles. The summed E-state index contributed by atoms with van der Waals surface area (Å²) in [5.41, 5.74) is -0.233. The molecule has 0 saturated carbocycles. The fourth-order valence-corrected chi connectivity index (χ4v) is 2.91. The largest absolute Gasteiger partial charge is 0.481 e. The number of hydrogen-bond acceptors (Lipinski definition) is 2. The summed E-state index contributed by atoms with van der Waals surface area (Å²) in [6, 6.07) is 6.68. The van der Waals surface area contributed by atoms with Crippen LogP contribution in [-0.2, 0) is 4.79 Å². The molecule has 2 rings (SSSR count). The van der Waals surface area contributed by atoms with E-state index in [4.69, 9.17) is 11.6 Å². The summed E-state index contributed by atoms with van der Waals surface area (Å²) in [6.07, 6.45) is 1.93. The minimum absolute atomic E-state index is 0.124. The molecule has 1 aliphatic rings. The molecule has 0 radical (unpaired) electrons. The van der Waals surface area contributed by atoms with Crippen LogP contribution in [0.5, 0.6) is 0 Å². The number of amides is 1. The van der Waals surface area contributed by atoms with Crippen LogP contribution in [0.4, 0.5) is 0 Å².